The smallest absolute Gasteiger partial charge is 0.243 e. The van der Waals surface area contributed by atoms with E-state index in [1.165, 1.54) is 10.4 Å². The van der Waals surface area contributed by atoms with Crippen LogP contribution in [0.1, 0.15) is 32.6 Å². The van der Waals surface area contributed by atoms with Crippen molar-refractivity contribution in [2.75, 3.05) is 45.1 Å². The topological polar surface area (TPSA) is 98.8 Å². The monoisotopic (exact) mass is 410 g/mol. The maximum atomic E-state index is 12.8. The predicted molar refractivity (Wildman–Crippen MR) is 108 cm³/mol. The number of benzene rings is 1. The van der Waals surface area contributed by atoms with Gasteiger partial charge in [-0.2, -0.15) is 4.31 Å². The third-order valence-corrected chi connectivity index (χ3v) is 6.36. The molecule has 0 saturated carbocycles. The highest BCUT2D eigenvalue weighted by Gasteiger charge is 2.26. The third kappa shape index (κ3) is 6.57. The Balaban J connectivity index is 1.94. The van der Waals surface area contributed by atoms with E-state index in [9.17, 15) is 18.0 Å². The number of hydrogen-bond acceptors (Lipinski definition) is 5. The van der Waals surface area contributed by atoms with E-state index in [0.29, 0.717) is 25.3 Å². The van der Waals surface area contributed by atoms with Crippen LogP contribution in [0.4, 0.5) is 5.69 Å². The Labute approximate surface area is 167 Å². The van der Waals surface area contributed by atoms with Crippen molar-refractivity contribution in [3.05, 3.63) is 24.3 Å². The fourth-order valence-corrected chi connectivity index (χ4v) is 4.62. The molecule has 8 nitrogen and oxygen atoms in total. The molecule has 2 N–H and O–H groups in total. The molecule has 0 aromatic heterocycles. The summed E-state index contributed by atoms with van der Waals surface area (Å²) < 4.78 is 27.0. The largest absolute Gasteiger partial charge is 0.355 e. The summed E-state index contributed by atoms with van der Waals surface area (Å²) in [7, 11) is -1.87. The van der Waals surface area contributed by atoms with Crippen molar-refractivity contribution in [3.8, 4) is 0 Å². The molecule has 1 aromatic carbocycles. The van der Waals surface area contributed by atoms with E-state index in [-0.39, 0.29) is 29.8 Å². The van der Waals surface area contributed by atoms with Gasteiger partial charge in [0.15, 0.2) is 0 Å². The number of nitrogens with one attached hydrogen (secondary N) is 2. The molecule has 156 valence electrons. The SMILES string of the molecule is CCCNC(=O)CN(C)CC(=O)Nc1cccc(S(=O)(=O)N2CCCCC2)c1. The maximum absolute atomic E-state index is 12.8. The Kier molecular flexibility index (Phi) is 8.40. The van der Waals surface area contributed by atoms with E-state index in [1.807, 2.05) is 6.92 Å². The van der Waals surface area contributed by atoms with Crippen molar-refractivity contribution in [2.24, 2.45) is 0 Å². The summed E-state index contributed by atoms with van der Waals surface area (Å²) in [4.78, 5) is 25.7. The van der Waals surface area contributed by atoms with Crippen LogP contribution < -0.4 is 10.6 Å². The number of likely N-dealkylation sites (N-methyl/N-ethyl adjacent to an activating group) is 1. The second-order valence-electron chi connectivity index (χ2n) is 7.06. The quantitative estimate of drug-likeness (QED) is 0.639. The number of amides is 2. The van der Waals surface area contributed by atoms with Crippen LogP contribution in [0.3, 0.4) is 0 Å². The van der Waals surface area contributed by atoms with Gasteiger partial charge in [0.25, 0.3) is 0 Å². The predicted octanol–water partition coefficient (Wildman–Crippen LogP) is 1.26. The summed E-state index contributed by atoms with van der Waals surface area (Å²) in [6.45, 7) is 3.79. The molecule has 2 rings (SSSR count). The molecule has 1 fully saturated rings. The zero-order chi connectivity index (χ0) is 20.6. The number of anilines is 1. The van der Waals surface area contributed by atoms with Crippen molar-refractivity contribution >= 4 is 27.5 Å². The number of piperidine rings is 1. The number of hydrogen-bond donors (Lipinski definition) is 2. The minimum atomic E-state index is -3.55. The fraction of sp³-hybridized carbons (Fsp3) is 0.579. The summed E-state index contributed by atoms with van der Waals surface area (Å²) in [5.41, 5.74) is 0.423. The number of nitrogens with zero attached hydrogens (tertiary/aromatic N) is 2. The number of carbonyl (C=O) groups excluding carboxylic acids is 2. The third-order valence-electron chi connectivity index (χ3n) is 4.47. The van der Waals surface area contributed by atoms with Crippen LogP contribution in [0.5, 0.6) is 0 Å². The van der Waals surface area contributed by atoms with E-state index < -0.39 is 10.0 Å². The second-order valence-corrected chi connectivity index (χ2v) is 9.00. The van der Waals surface area contributed by atoms with Crippen LogP contribution in [0.25, 0.3) is 0 Å². The molecule has 0 bridgehead atoms. The summed E-state index contributed by atoms with van der Waals surface area (Å²) in [6.07, 6.45) is 3.64. The van der Waals surface area contributed by atoms with E-state index in [0.717, 1.165) is 25.7 Å². The molecule has 0 radical (unpaired) electrons. The average molecular weight is 411 g/mol. The zero-order valence-corrected chi connectivity index (χ0v) is 17.4. The molecule has 0 spiro atoms. The molecular weight excluding hydrogens is 380 g/mol. The standard InChI is InChI=1S/C19H30N4O4S/c1-3-10-20-18(24)14-22(2)15-19(25)21-16-8-7-9-17(13-16)28(26,27)23-11-5-4-6-12-23/h7-9,13H,3-6,10-12,14-15H2,1-2H3,(H,20,24)(H,21,25). The van der Waals surface area contributed by atoms with Crippen molar-refractivity contribution in [1.82, 2.24) is 14.5 Å². The van der Waals surface area contributed by atoms with Gasteiger partial charge in [-0.05, 0) is 44.5 Å². The molecule has 1 aliphatic heterocycles. The molecule has 1 aliphatic rings. The van der Waals surface area contributed by atoms with E-state index in [4.69, 9.17) is 0 Å². The Morgan fingerprint density at radius 1 is 1.11 bits per heavy atom. The van der Waals surface area contributed by atoms with Gasteiger partial charge in [0.2, 0.25) is 21.8 Å². The lowest BCUT2D eigenvalue weighted by molar-refractivity contribution is -0.122. The molecule has 9 heteroatoms. The van der Waals surface area contributed by atoms with Gasteiger partial charge in [0, 0.05) is 25.3 Å². The molecule has 1 saturated heterocycles. The first-order chi connectivity index (χ1) is 13.3. The van der Waals surface area contributed by atoms with Gasteiger partial charge < -0.3 is 10.6 Å². The number of sulfonamides is 1. The van der Waals surface area contributed by atoms with Crippen LogP contribution in [0.15, 0.2) is 29.2 Å². The summed E-state index contributed by atoms with van der Waals surface area (Å²) in [6, 6.07) is 6.30. The van der Waals surface area contributed by atoms with Gasteiger partial charge in [-0.25, -0.2) is 8.42 Å². The lowest BCUT2D eigenvalue weighted by Crippen LogP contribution is -2.39. The van der Waals surface area contributed by atoms with Gasteiger partial charge in [0.05, 0.1) is 18.0 Å². The van der Waals surface area contributed by atoms with Crippen LogP contribution in [-0.4, -0.2) is 69.2 Å². The lowest BCUT2D eigenvalue weighted by atomic mass is 10.2. The number of rotatable bonds is 9. The normalized spacial score (nSPS) is 15.4. The first-order valence-corrected chi connectivity index (χ1v) is 11.1. The first kappa shape index (κ1) is 22.3. The maximum Gasteiger partial charge on any atom is 0.243 e. The van der Waals surface area contributed by atoms with Gasteiger partial charge >= 0.3 is 0 Å². The van der Waals surface area contributed by atoms with E-state index >= 15 is 0 Å². The lowest BCUT2D eigenvalue weighted by Gasteiger charge is -2.26. The second kappa shape index (κ2) is 10.5. The van der Waals surface area contributed by atoms with Crippen LogP contribution in [-0.2, 0) is 19.6 Å². The van der Waals surface area contributed by atoms with Crippen molar-refractivity contribution in [2.45, 2.75) is 37.5 Å². The molecule has 0 aliphatic carbocycles. The van der Waals surface area contributed by atoms with Gasteiger partial charge in [-0.3, -0.25) is 14.5 Å². The summed E-state index contributed by atoms with van der Waals surface area (Å²) >= 11 is 0. The van der Waals surface area contributed by atoms with Crippen molar-refractivity contribution in [3.63, 3.8) is 0 Å². The Morgan fingerprint density at radius 2 is 1.79 bits per heavy atom. The highest BCUT2D eigenvalue weighted by molar-refractivity contribution is 7.89. The summed E-state index contributed by atoms with van der Waals surface area (Å²) in [5.74, 6) is -0.440. The number of carbonyl (C=O) groups is 2. The first-order valence-electron chi connectivity index (χ1n) is 9.68. The van der Waals surface area contributed by atoms with E-state index in [2.05, 4.69) is 10.6 Å². The highest BCUT2D eigenvalue weighted by Crippen LogP contribution is 2.22. The van der Waals surface area contributed by atoms with Crippen LogP contribution in [0, 0.1) is 0 Å². The summed E-state index contributed by atoms with van der Waals surface area (Å²) in [5, 5.41) is 5.47. The molecule has 1 aromatic rings. The Bertz CT molecular complexity index is 776. The minimum Gasteiger partial charge on any atom is -0.355 e. The average Bonchev–Trinajstić information content (AvgIpc) is 2.67. The Hall–Kier alpha value is -1.97. The van der Waals surface area contributed by atoms with Crippen LogP contribution >= 0.6 is 0 Å². The molecule has 0 atom stereocenters. The minimum absolute atomic E-state index is 0.0304. The highest BCUT2D eigenvalue weighted by atomic mass is 32.2. The van der Waals surface area contributed by atoms with E-state index in [1.54, 1.807) is 30.1 Å². The zero-order valence-electron chi connectivity index (χ0n) is 16.6. The fourth-order valence-electron chi connectivity index (χ4n) is 3.06. The van der Waals surface area contributed by atoms with Gasteiger partial charge in [-0.1, -0.05) is 19.4 Å². The van der Waals surface area contributed by atoms with Crippen molar-refractivity contribution < 1.29 is 18.0 Å². The molecule has 28 heavy (non-hydrogen) atoms. The Morgan fingerprint density at radius 3 is 2.46 bits per heavy atom. The molecule has 2 amide bonds. The van der Waals surface area contributed by atoms with Gasteiger partial charge in [-0.15, -0.1) is 0 Å². The van der Waals surface area contributed by atoms with Crippen molar-refractivity contribution in [1.29, 1.82) is 0 Å². The molecule has 1 heterocycles. The van der Waals surface area contributed by atoms with Gasteiger partial charge in [0.1, 0.15) is 0 Å². The van der Waals surface area contributed by atoms with Crippen LogP contribution in [0.2, 0.25) is 0 Å². The molecular formula is C19H30N4O4S. The molecule has 0 unspecified atom stereocenters.